The molecular weight excluding hydrogens is 222 g/mol. The summed E-state index contributed by atoms with van der Waals surface area (Å²) in [7, 11) is 0. The first-order chi connectivity index (χ1) is 7.70. The molecule has 0 bridgehead atoms. The molecule has 1 N–H and O–H groups in total. The number of aliphatic carboxylic acids is 1. The van der Waals surface area contributed by atoms with Gasteiger partial charge in [0.1, 0.15) is 0 Å². The summed E-state index contributed by atoms with van der Waals surface area (Å²) in [4.78, 5) is 14.9. The molecule has 0 spiro atoms. The fourth-order valence-corrected chi connectivity index (χ4v) is 3.03. The minimum absolute atomic E-state index is 0.0886. The molecule has 1 heterocycles. The molecule has 0 aliphatic heterocycles. The van der Waals surface area contributed by atoms with Gasteiger partial charge in [0.2, 0.25) is 0 Å². The van der Waals surface area contributed by atoms with Gasteiger partial charge in [-0.25, -0.2) is 0 Å². The highest BCUT2D eigenvalue weighted by molar-refractivity contribution is 7.98. The summed E-state index contributed by atoms with van der Waals surface area (Å²) in [5.41, 5.74) is 1.16. The van der Waals surface area contributed by atoms with Gasteiger partial charge in [0, 0.05) is 11.9 Å². The lowest BCUT2D eigenvalue weighted by Gasteiger charge is -2.11. The number of hydrogen-bond donors (Lipinski definition) is 1. The molecule has 1 aliphatic carbocycles. The first-order valence-corrected chi connectivity index (χ1v) is 6.55. The predicted octanol–water partition coefficient (Wildman–Crippen LogP) is 2.57. The molecule has 2 rings (SSSR count). The second kappa shape index (κ2) is 4.87. The molecule has 1 saturated carbocycles. The van der Waals surface area contributed by atoms with Crippen LogP contribution in [0.5, 0.6) is 0 Å². The number of hydrogen-bond acceptors (Lipinski definition) is 3. The number of aromatic nitrogens is 1. The Morgan fingerprint density at radius 3 is 2.88 bits per heavy atom. The van der Waals surface area contributed by atoms with Gasteiger partial charge in [0.25, 0.3) is 0 Å². The molecule has 0 atom stereocenters. The highest BCUT2D eigenvalue weighted by Crippen LogP contribution is 2.51. The summed E-state index contributed by atoms with van der Waals surface area (Å²) in [5.74, 6) is 1.15. The molecular formula is C12H15NO2S. The lowest BCUT2D eigenvalue weighted by atomic mass is 10.1. The van der Waals surface area contributed by atoms with E-state index in [-0.39, 0.29) is 5.41 Å². The Morgan fingerprint density at radius 2 is 2.31 bits per heavy atom. The first kappa shape index (κ1) is 11.5. The van der Waals surface area contributed by atoms with E-state index in [1.165, 1.54) is 0 Å². The van der Waals surface area contributed by atoms with Crippen molar-refractivity contribution in [2.75, 3.05) is 5.75 Å². The number of thioether (sulfide) groups is 1. The van der Waals surface area contributed by atoms with Crippen LogP contribution in [0.4, 0.5) is 0 Å². The fraction of sp³-hybridized carbons (Fsp3) is 0.500. The van der Waals surface area contributed by atoms with E-state index in [4.69, 9.17) is 5.11 Å². The van der Waals surface area contributed by atoms with Crippen LogP contribution in [0.3, 0.4) is 0 Å². The molecule has 1 fully saturated rings. The molecule has 1 aromatic heterocycles. The SMILES string of the molecule is O=C(O)CC1(CSCc2ccccn2)CC1. The van der Waals surface area contributed by atoms with Crippen molar-refractivity contribution in [2.24, 2.45) is 5.41 Å². The van der Waals surface area contributed by atoms with Gasteiger partial charge in [-0.15, -0.1) is 0 Å². The molecule has 1 aromatic rings. The highest BCUT2D eigenvalue weighted by atomic mass is 32.2. The van der Waals surface area contributed by atoms with Gasteiger partial charge >= 0.3 is 5.97 Å². The molecule has 0 amide bonds. The molecule has 4 heteroatoms. The van der Waals surface area contributed by atoms with Crippen LogP contribution in [-0.4, -0.2) is 21.8 Å². The van der Waals surface area contributed by atoms with Crippen LogP contribution in [0.1, 0.15) is 25.0 Å². The maximum Gasteiger partial charge on any atom is 0.303 e. The van der Waals surface area contributed by atoms with Gasteiger partial charge in [0.15, 0.2) is 0 Å². The fourth-order valence-electron chi connectivity index (χ4n) is 1.73. The van der Waals surface area contributed by atoms with Crippen LogP contribution in [0.15, 0.2) is 24.4 Å². The zero-order valence-electron chi connectivity index (χ0n) is 9.06. The zero-order chi connectivity index (χ0) is 11.4. The van der Waals surface area contributed by atoms with Crippen LogP contribution in [-0.2, 0) is 10.5 Å². The Bertz CT molecular complexity index is 363. The standard InChI is InChI=1S/C12H15NO2S/c14-11(15)7-12(4-5-12)9-16-8-10-3-1-2-6-13-10/h1-3,6H,4-5,7-9H2,(H,14,15). The van der Waals surface area contributed by atoms with E-state index in [9.17, 15) is 4.79 Å². The Hall–Kier alpha value is -1.03. The Kier molecular flexibility index (Phi) is 3.49. The Labute approximate surface area is 99.3 Å². The first-order valence-electron chi connectivity index (χ1n) is 5.40. The maximum atomic E-state index is 10.7. The van der Waals surface area contributed by atoms with Gasteiger partial charge in [-0.3, -0.25) is 9.78 Å². The molecule has 0 unspecified atom stereocenters. The molecule has 3 nitrogen and oxygen atoms in total. The van der Waals surface area contributed by atoms with E-state index in [0.29, 0.717) is 6.42 Å². The number of pyridine rings is 1. The molecule has 86 valence electrons. The number of nitrogens with zero attached hydrogens (tertiary/aromatic N) is 1. The number of carboxylic acids is 1. The number of carbonyl (C=O) groups is 1. The highest BCUT2D eigenvalue weighted by Gasteiger charge is 2.43. The minimum Gasteiger partial charge on any atom is -0.481 e. The van der Waals surface area contributed by atoms with E-state index in [0.717, 1.165) is 30.0 Å². The van der Waals surface area contributed by atoms with Crippen molar-refractivity contribution in [1.29, 1.82) is 0 Å². The average molecular weight is 237 g/mol. The van der Waals surface area contributed by atoms with Crippen LogP contribution in [0.2, 0.25) is 0 Å². The van der Waals surface area contributed by atoms with Crippen molar-refractivity contribution >= 4 is 17.7 Å². The van der Waals surface area contributed by atoms with Crippen LogP contribution in [0, 0.1) is 5.41 Å². The molecule has 16 heavy (non-hydrogen) atoms. The van der Waals surface area contributed by atoms with Crippen molar-refractivity contribution < 1.29 is 9.90 Å². The Balaban J connectivity index is 1.74. The summed E-state index contributed by atoms with van der Waals surface area (Å²) < 4.78 is 0. The number of carboxylic acid groups (broad SMARTS) is 1. The van der Waals surface area contributed by atoms with Crippen molar-refractivity contribution in [3.63, 3.8) is 0 Å². The summed E-state index contributed by atoms with van der Waals surface area (Å²) >= 11 is 1.79. The van der Waals surface area contributed by atoms with Crippen molar-refractivity contribution in [3.05, 3.63) is 30.1 Å². The molecule has 0 saturated heterocycles. The second-order valence-corrected chi connectivity index (χ2v) is 5.37. The molecule has 0 aromatic carbocycles. The third-order valence-electron chi connectivity index (χ3n) is 2.87. The van der Waals surface area contributed by atoms with Gasteiger partial charge in [-0.05, 0) is 36.1 Å². The molecule has 0 radical (unpaired) electrons. The summed E-state index contributed by atoms with van der Waals surface area (Å²) in [6.07, 6.45) is 4.24. The summed E-state index contributed by atoms with van der Waals surface area (Å²) in [6, 6.07) is 5.89. The largest absolute Gasteiger partial charge is 0.481 e. The predicted molar refractivity (Wildman–Crippen MR) is 64.3 cm³/mol. The van der Waals surface area contributed by atoms with Crippen LogP contribution in [0.25, 0.3) is 0 Å². The van der Waals surface area contributed by atoms with Crippen LogP contribution >= 0.6 is 11.8 Å². The van der Waals surface area contributed by atoms with E-state index in [2.05, 4.69) is 4.98 Å². The van der Waals surface area contributed by atoms with Gasteiger partial charge in [0.05, 0.1) is 12.1 Å². The van der Waals surface area contributed by atoms with E-state index >= 15 is 0 Å². The smallest absolute Gasteiger partial charge is 0.303 e. The average Bonchev–Trinajstić information content (AvgIpc) is 2.99. The van der Waals surface area contributed by atoms with E-state index in [1.807, 2.05) is 18.2 Å². The lowest BCUT2D eigenvalue weighted by molar-refractivity contribution is -0.138. The van der Waals surface area contributed by atoms with Gasteiger partial charge in [-0.1, -0.05) is 6.07 Å². The van der Waals surface area contributed by atoms with Crippen molar-refractivity contribution in [3.8, 4) is 0 Å². The third kappa shape index (κ3) is 3.23. The molecule has 1 aliphatic rings. The van der Waals surface area contributed by atoms with Crippen LogP contribution < -0.4 is 0 Å². The summed E-state index contributed by atoms with van der Waals surface area (Å²) in [6.45, 7) is 0. The maximum absolute atomic E-state index is 10.7. The van der Waals surface area contributed by atoms with Gasteiger partial charge < -0.3 is 5.11 Å². The quantitative estimate of drug-likeness (QED) is 0.826. The normalized spacial score (nSPS) is 17.0. The monoisotopic (exact) mass is 237 g/mol. The van der Waals surface area contributed by atoms with E-state index in [1.54, 1.807) is 18.0 Å². The second-order valence-electron chi connectivity index (χ2n) is 4.38. The lowest BCUT2D eigenvalue weighted by Crippen LogP contribution is -2.11. The van der Waals surface area contributed by atoms with Crippen molar-refractivity contribution in [1.82, 2.24) is 4.98 Å². The van der Waals surface area contributed by atoms with Gasteiger partial charge in [-0.2, -0.15) is 11.8 Å². The van der Waals surface area contributed by atoms with Crippen molar-refractivity contribution in [2.45, 2.75) is 25.0 Å². The minimum atomic E-state index is -0.670. The summed E-state index contributed by atoms with van der Waals surface area (Å²) in [5, 5.41) is 8.78. The zero-order valence-corrected chi connectivity index (χ0v) is 9.87. The third-order valence-corrected chi connectivity index (χ3v) is 4.18. The topological polar surface area (TPSA) is 50.2 Å². The van der Waals surface area contributed by atoms with E-state index < -0.39 is 5.97 Å². The Morgan fingerprint density at radius 1 is 1.50 bits per heavy atom. The number of rotatable bonds is 6.